The molecular formula is C23H25NO3. The smallest absolute Gasteiger partial charge is 0.259 e. The summed E-state index contributed by atoms with van der Waals surface area (Å²) in [7, 11) is 0. The average Bonchev–Trinajstić information content (AvgIpc) is 2.96. The van der Waals surface area contributed by atoms with Crippen LogP contribution in [0.15, 0.2) is 66.4 Å². The monoisotopic (exact) mass is 363 g/mol. The molecule has 2 aromatic carbocycles. The van der Waals surface area contributed by atoms with E-state index in [0.717, 1.165) is 23.0 Å². The second-order valence-corrected chi connectivity index (χ2v) is 8.01. The number of aliphatic hydroxyl groups excluding tert-OH is 1. The summed E-state index contributed by atoms with van der Waals surface area (Å²) < 4.78 is 0. The Bertz CT molecular complexity index is 861. The predicted octanol–water partition coefficient (Wildman–Crippen LogP) is 4.51. The standard InChI is InChI=1S/C23H25NO3/c1-23(2,3)22(27)24-20(14-19(15-25)21(24)26)13-16-9-11-18(12-10-16)17-7-5-4-6-8-17/h4-12,15,20,25H,13-14H2,1-3H3/t20-/m1/s1. The van der Waals surface area contributed by atoms with E-state index in [1.54, 1.807) is 20.8 Å². The maximum absolute atomic E-state index is 12.8. The van der Waals surface area contributed by atoms with Gasteiger partial charge in [0.05, 0.1) is 11.8 Å². The lowest BCUT2D eigenvalue weighted by Gasteiger charge is -2.29. The van der Waals surface area contributed by atoms with Gasteiger partial charge >= 0.3 is 0 Å². The lowest BCUT2D eigenvalue weighted by molar-refractivity contribution is -0.148. The normalized spacial score (nSPS) is 18.9. The summed E-state index contributed by atoms with van der Waals surface area (Å²) in [6.07, 6.45) is 1.78. The molecule has 4 nitrogen and oxygen atoms in total. The number of hydrogen-bond donors (Lipinski definition) is 1. The maximum Gasteiger partial charge on any atom is 0.259 e. The van der Waals surface area contributed by atoms with Crippen molar-refractivity contribution in [3.63, 3.8) is 0 Å². The van der Waals surface area contributed by atoms with Gasteiger partial charge in [-0.25, -0.2) is 0 Å². The zero-order chi connectivity index (χ0) is 19.6. The summed E-state index contributed by atoms with van der Waals surface area (Å²) >= 11 is 0. The quantitative estimate of drug-likeness (QED) is 0.645. The van der Waals surface area contributed by atoms with E-state index < -0.39 is 5.41 Å². The van der Waals surface area contributed by atoms with Crippen molar-refractivity contribution in [2.75, 3.05) is 0 Å². The van der Waals surface area contributed by atoms with Crippen LogP contribution >= 0.6 is 0 Å². The van der Waals surface area contributed by atoms with E-state index in [9.17, 15) is 14.7 Å². The molecule has 0 bridgehead atoms. The molecule has 27 heavy (non-hydrogen) atoms. The number of aliphatic hydroxyl groups is 1. The van der Waals surface area contributed by atoms with Crippen molar-refractivity contribution in [2.24, 2.45) is 5.41 Å². The van der Waals surface area contributed by atoms with Crippen molar-refractivity contribution in [2.45, 2.75) is 39.7 Å². The molecule has 3 rings (SSSR count). The van der Waals surface area contributed by atoms with Crippen molar-refractivity contribution in [3.8, 4) is 11.1 Å². The van der Waals surface area contributed by atoms with Crippen molar-refractivity contribution in [1.29, 1.82) is 0 Å². The Morgan fingerprint density at radius 2 is 1.67 bits per heavy atom. The molecule has 0 radical (unpaired) electrons. The fourth-order valence-electron chi connectivity index (χ4n) is 3.38. The predicted molar refractivity (Wildman–Crippen MR) is 106 cm³/mol. The van der Waals surface area contributed by atoms with Crippen LogP contribution in [0.25, 0.3) is 11.1 Å². The van der Waals surface area contributed by atoms with Crippen LogP contribution < -0.4 is 0 Å². The number of amides is 2. The van der Waals surface area contributed by atoms with E-state index in [-0.39, 0.29) is 17.9 Å². The SMILES string of the molecule is CC(C)(C)C(=O)N1C(=O)C(=CO)C[C@H]1Cc1ccc(-c2ccccc2)cc1. The number of likely N-dealkylation sites (tertiary alicyclic amines) is 1. The molecule has 1 saturated heterocycles. The van der Waals surface area contributed by atoms with Gasteiger partial charge in [-0.05, 0) is 23.1 Å². The molecule has 0 spiro atoms. The van der Waals surface area contributed by atoms with Gasteiger partial charge in [-0.1, -0.05) is 75.4 Å². The van der Waals surface area contributed by atoms with Gasteiger partial charge < -0.3 is 5.11 Å². The van der Waals surface area contributed by atoms with Crippen molar-refractivity contribution < 1.29 is 14.7 Å². The van der Waals surface area contributed by atoms with E-state index in [0.29, 0.717) is 18.4 Å². The molecule has 1 atom stereocenters. The molecule has 1 heterocycles. The van der Waals surface area contributed by atoms with Crippen LogP contribution in [-0.4, -0.2) is 27.9 Å². The summed E-state index contributed by atoms with van der Waals surface area (Å²) in [6, 6.07) is 18.0. The van der Waals surface area contributed by atoms with E-state index in [1.807, 2.05) is 30.3 Å². The van der Waals surface area contributed by atoms with Crippen LogP contribution in [0, 0.1) is 5.41 Å². The molecule has 2 aromatic rings. The van der Waals surface area contributed by atoms with E-state index >= 15 is 0 Å². The Balaban J connectivity index is 1.82. The van der Waals surface area contributed by atoms with Crippen LogP contribution in [-0.2, 0) is 16.0 Å². The summed E-state index contributed by atoms with van der Waals surface area (Å²) in [5.41, 5.74) is 2.96. The first-order valence-electron chi connectivity index (χ1n) is 9.17. The largest absolute Gasteiger partial charge is 0.515 e. The van der Waals surface area contributed by atoms with Gasteiger partial charge in [0.1, 0.15) is 0 Å². The highest BCUT2D eigenvalue weighted by Gasteiger charge is 2.43. The zero-order valence-corrected chi connectivity index (χ0v) is 16.0. The van der Waals surface area contributed by atoms with Crippen molar-refractivity contribution >= 4 is 11.8 Å². The Morgan fingerprint density at radius 3 is 2.22 bits per heavy atom. The third-order valence-electron chi connectivity index (χ3n) is 4.86. The Kier molecular flexibility index (Phi) is 5.17. The van der Waals surface area contributed by atoms with Gasteiger partial charge in [-0.2, -0.15) is 0 Å². The number of hydrogen-bond acceptors (Lipinski definition) is 3. The topological polar surface area (TPSA) is 57.6 Å². The number of rotatable bonds is 3. The van der Waals surface area contributed by atoms with Gasteiger partial charge in [-0.15, -0.1) is 0 Å². The molecule has 140 valence electrons. The first-order valence-corrected chi connectivity index (χ1v) is 9.17. The van der Waals surface area contributed by atoms with Gasteiger partial charge in [0.25, 0.3) is 5.91 Å². The third-order valence-corrected chi connectivity index (χ3v) is 4.86. The van der Waals surface area contributed by atoms with Gasteiger partial charge in [-0.3, -0.25) is 14.5 Å². The molecule has 4 heteroatoms. The fourth-order valence-corrected chi connectivity index (χ4v) is 3.38. The molecular weight excluding hydrogens is 338 g/mol. The molecule has 1 aliphatic rings. The summed E-state index contributed by atoms with van der Waals surface area (Å²) in [4.78, 5) is 26.6. The summed E-state index contributed by atoms with van der Waals surface area (Å²) in [5, 5.41) is 9.36. The lowest BCUT2D eigenvalue weighted by atomic mass is 9.93. The van der Waals surface area contributed by atoms with Gasteiger partial charge in [0, 0.05) is 17.9 Å². The minimum Gasteiger partial charge on any atom is -0.515 e. The van der Waals surface area contributed by atoms with Gasteiger partial charge in [0.2, 0.25) is 5.91 Å². The number of imide groups is 1. The van der Waals surface area contributed by atoms with Gasteiger partial charge in [0.15, 0.2) is 0 Å². The molecule has 0 aromatic heterocycles. The Labute approximate surface area is 160 Å². The first-order chi connectivity index (χ1) is 12.8. The molecule has 1 fully saturated rings. The Hall–Kier alpha value is -2.88. The second-order valence-electron chi connectivity index (χ2n) is 8.01. The molecule has 0 saturated carbocycles. The van der Waals surface area contributed by atoms with E-state index in [4.69, 9.17) is 0 Å². The number of carbonyl (C=O) groups excluding carboxylic acids is 2. The fraction of sp³-hybridized carbons (Fsp3) is 0.304. The Morgan fingerprint density at radius 1 is 1.07 bits per heavy atom. The van der Waals surface area contributed by atoms with Crippen LogP contribution in [0.1, 0.15) is 32.8 Å². The van der Waals surface area contributed by atoms with Crippen LogP contribution in [0.3, 0.4) is 0 Å². The van der Waals surface area contributed by atoms with Crippen LogP contribution in [0.4, 0.5) is 0 Å². The summed E-state index contributed by atoms with van der Waals surface area (Å²) in [5.74, 6) is -0.599. The second kappa shape index (κ2) is 7.39. The highest BCUT2D eigenvalue weighted by molar-refractivity contribution is 6.07. The molecule has 1 aliphatic heterocycles. The molecule has 0 aliphatic carbocycles. The van der Waals surface area contributed by atoms with E-state index in [1.165, 1.54) is 4.90 Å². The molecule has 0 unspecified atom stereocenters. The van der Waals surface area contributed by atoms with Crippen LogP contribution in [0.2, 0.25) is 0 Å². The minimum absolute atomic E-state index is 0.213. The van der Waals surface area contributed by atoms with E-state index in [2.05, 4.69) is 24.3 Å². The first kappa shape index (κ1) is 18.9. The number of nitrogens with zero attached hydrogens (tertiary/aromatic N) is 1. The third kappa shape index (κ3) is 3.95. The van der Waals surface area contributed by atoms with Crippen molar-refractivity contribution in [1.82, 2.24) is 4.90 Å². The molecule has 2 amide bonds. The molecule has 1 N–H and O–H groups in total. The minimum atomic E-state index is -0.657. The zero-order valence-electron chi connectivity index (χ0n) is 16.0. The van der Waals surface area contributed by atoms with Crippen LogP contribution in [0.5, 0.6) is 0 Å². The number of carbonyl (C=O) groups is 2. The lowest BCUT2D eigenvalue weighted by Crippen LogP contribution is -2.45. The highest BCUT2D eigenvalue weighted by atomic mass is 16.2. The van der Waals surface area contributed by atoms with Crippen molar-refractivity contribution in [3.05, 3.63) is 72.0 Å². The highest BCUT2D eigenvalue weighted by Crippen LogP contribution is 2.31. The number of benzene rings is 2. The average molecular weight is 363 g/mol. The summed E-state index contributed by atoms with van der Waals surface area (Å²) in [6.45, 7) is 5.40. The maximum atomic E-state index is 12.8.